The molecule has 2 aromatic heterocycles. The first-order chi connectivity index (χ1) is 11.9. The lowest BCUT2D eigenvalue weighted by molar-refractivity contribution is 0.0724. The summed E-state index contributed by atoms with van der Waals surface area (Å²) in [7, 11) is 0. The van der Waals surface area contributed by atoms with Crippen LogP contribution in [0.15, 0.2) is 30.3 Å². The largest absolute Gasteiger partial charge is 0.340 e. The average Bonchev–Trinajstić information content (AvgIpc) is 3.30. The van der Waals surface area contributed by atoms with Gasteiger partial charge in [-0.1, -0.05) is 32.9 Å². The number of amides is 1. The lowest BCUT2D eigenvalue weighted by Crippen LogP contribution is -2.31. The van der Waals surface area contributed by atoms with Crippen LogP contribution in [0.25, 0.3) is 11.0 Å². The molecule has 0 radical (unpaired) electrons. The molecule has 25 heavy (non-hydrogen) atoms. The van der Waals surface area contributed by atoms with Crippen molar-refractivity contribution in [3.63, 3.8) is 0 Å². The molecule has 1 aliphatic heterocycles. The highest BCUT2D eigenvalue weighted by atomic mass is 16.2. The van der Waals surface area contributed by atoms with E-state index in [1.54, 1.807) is 0 Å². The van der Waals surface area contributed by atoms with Crippen molar-refractivity contribution in [1.82, 2.24) is 25.1 Å². The van der Waals surface area contributed by atoms with Crippen molar-refractivity contribution >= 4 is 16.9 Å². The second-order valence-electron chi connectivity index (χ2n) is 7.71. The van der Waals surface area contributed by atoms with Crippen molar-refractivity contribution in [2.24, 2.45) is 0 Å². The molecule has 3 heterocycles. The maximum atomic E-state index is 13.0. The molecule has 2 N–H and O–H groups in total. The van der Waals surface area contributed by atoms with Gasteiger partial charge >= 0.3 is 0 Å². The summed E-state index contributed by atoms with van der Waals surface area (Å²) in [6.07, 6.45) is 1.89. The molecule has 1 aliphatic rings. The summed E-state index contributed by atoms with van der Waals surface area (Å²) in [4.78, 5) is 22.9. The van der Waals surface area contributed by atoms with Crippen LogP contribution in [0.3, 0.4) is 0 Å². The van der Waals surface area contributed by atoms with Crippen LogP contribution in [0.4, 0.5) is 0 Å². The molecule has 1 saturated heterocycles. The van der Waals surface area contributed by atoms with Gasteiger partial charge in [0.15, 0.2) is 0 Å². The minimum absolute atomic E-state index is 0.0188. The van der Waals surface area contributed by atoms with Crippen molar-refractivity contribution in [1.29, 1.82) is 0 Å². The predicted octanol–water partition coefficient (Wildman–Crippen LogP) is 3.56. The number of benzene rings is 1. The van der Waals surface area contributed by atoms with E-state index in [9.17, 15) is 4.79 Å². The highest BCUT2D eigenvalue weighted by Gasteiger charge is 2.34. The minimum Gasteiger partial charge on any atom is -0.340 e. The van der Waals surface area contributed by atoms with Gasteiger partial charge in [-0.25, -0.2) is 4.98 Å². The number of imidazole rings is 1. The first kappa shape index (κ1) is 15.9. The molecule has 0 bridgehead atoms. The van der Waals surface area contributed by atoms with Gasteiger partial charge in [-0.3, -0.25) is 9.89 Å². The molecule has 3 aromatic rings. The zero-order valence-electron chi connectivity index (χ0n) is 14.8. The molecule has 0 spiro atoms. The van der Waals surface area contributed by atoms with Crippen molar-refractivity contribution in [2.45, 2.75) is 45.1 Å². The number of hydrogen-bond donors (Lipinski definition) is 2. The Morgan fingerprint density at radius 3 is 2.80 bits per heavy atom. The van der Waals surface area contributed by atoms with Gasteiger partial charge in [0.25, 0.3) is 5.91 Å². The second-order valence-corrected chi connectivity index (χ2v) is 7.71. The normalized spacial score (nSPS) is 18.2. The Hall–Kier alpha value is -2.63. The predicted molar refractivity (Wildman–Crippen MR) is 96.4 cm³/mol. The van der Waals surface area contributed by atoms with E-state index in [1.807, 2.05) is 35.2 Å². The third kappa shape index (κ3) is 2.81. The Morgan fingerprint density at radius 2 is 2.08 bits per heavy atom. The van der Waals surface area contributed by atoms with Crippen LogP contribution < -0.4 is 0 Å². The number of carbonyl (C=O) groups is 1. The number of nitrogens with zero attached hydrogens (tertiary/aromatic N) is 3. The van der Waals surface area contributed by atoms with Crippen molar-refractivity contribution in [3.8, 4) is 0 Å². The number of carbonyl (C=O) groups excluding carboxylic acids is 1. The van der Waals surface area contributed by atoms with Gasteiger partial charge < -0.3 is 9.88 Å². The van der Waals surface area contributed by atoms with Crippen LogP contribution >= 0.6 is 0 Å². The third-order valence-electron chi connectivity index (χ3n) is 4.84. The Labute approximate surface area is 146 Å². The van der Waals surface area contributed by atoms with Crippen molar-refractivity contribution in [2.75, 3.05) is 6.54 Å². The van der Waals surface area contributed by atoms with Crippen LogP contribution in [-0.4, -0.2) is 37.5 Å². The zero-order chi connectivity index (χ0) is 17.6. The number of rotatable bonds is 2. The van der Waals surface area contributed by atoms with Gasteiger partial charge in [-0.2, -0.15) is 5.10 Å². The Bertz CT molecular complexity index is 884. The van der Waals surface area contributed by atoms with E-state index >= 15 is 0 Å². The SMILES string of the molecule is CC(C)(C)c1cc(C(=O)N2CCCC2c2nc3ccccc3[nH]2)n[nH]1. The first-order valence-electron chi connectivity index (χ1n) is 8.75. The van der Waals surface area contributed by atoms with Crippen LogP contribution in [-0.2, 0) is 5.41 Å². The fraction of sp³-hybridized carbons (Fsp3) is 0.421. The summed E-state index contributed by atoms with van der Waals surface area (Å²) < 4.78 is 0. The molecule has 6 heteroatoms. The number of para-hydroxylation sites is 2. The summed E-state index contributed by atoms with van der Waals surface area (Å²) in [5, 5.41) is 7.26. The second kappa shape index (κ2) is 5.72. The molecule has 1 aromatic carbocycles. The van der Waals surface area contributed by atoms with Crippen LogP contribution in [0.5, 0.6) is 0 Å². The first-order valence-corrected chi connectivity index (χ1v) is 8.75. The Kier molecular flexibility index (Phi) is 3.63. The molecular formula is C19H23N5O. The van der Waals surface area contributed by atoms with Crippen molar-refractivity contribution in [3.05, 3.63) is 47.5 Å². The van der Waals surface area contributed by atoms with E-state index in [0.29, 0.717) is 5.69 Å². The van der Waals surface area contributed by atoms with Gasteiger partial charge in [0, 0.05) is 17.7 Å². The average molecular weight is 337 g/mol. The number of aromatic nitrogens is 4. The Balaban J connectivity index is 1.62. The maximum absolute atomic E-state index is 13.0. The standard InChI is InChI=1S/C19H23N5O/c1-19(2,3)16-11-14(22-23-16)18(25)24-10-6-9-15(24)17-20-12-7-4-5-8-13(12)21-17/h4-5,7-8,11,15H,6,9-10H2,1-3H3,(H,20,21)(H,22,23). The van der Waals surface area contributed by atoms with E-state index < -0.39 is 0 Å². The molecule has 0 aliphatic carbocycles. The summed E-state index contributed by atoms with van der Waals surface area (Å²) >= 11 is 0. The van der Waals surface area contributed by atoms with E-state index in [4.69, 9.17) is 0 Å². The molecule has 1 amide bonds. The summed E-state index contributed by atoms with van der Waals surface area (Å²) in [6.45, 7) is 7.03. The van der Waals surface area contributed by atoms with E-state index in [2.05, 4.69) is 40.9 Å². The Morgan fingerprint density at radius 1 is 1.28 bits per heavy atom. The fourth-order valence-corrected chi connectivity index (χ4v) is 3.39. The quantitative estimate of drug-likeness (QED) is 0.750. The lowest BCUT2D eigenvalue weighted by atomic mass is 9.92. The molecule has 130 valence electrons. The molecule has 4 rings (SSSR count). The molecule has 1 fully saturated rings. The van der Waals surface area contributed by atoms with Crippen LogP contribution in [0.2, 0.25) is 0 Å². The highest BCUT2D eigenvalue weighted by molar-refractivity contribution is 5.93. The van der Waals surface area contributed by atoms with Gasteiger partial charge in [0.1, 0.15) is 11.5 Å². The van der Waals surface area contributed by atoms with E-state index in [1.165, 1.54) is 0 Å². The molecular weight excluding hydrogens is 314 g/mol. The number of likely N-dealkylation sites (tertiary alicyclic amines) is 1. The molecule has 0 saturated carbocycles. The van der Waals surface area contributed by atoms with Gasteiger partial charge in [0.2, 0.25) is 0 Å². The van der Waals surface area contributed by atoms with Gasteiger partial charge in [-0.05, 0) is 31.0 Å². The third-order valence-corrected chi connectivity index (χ3v) is 4.84. The number of H-pyrrole nitrogens is 2. The highest BCUT2D eigenvalue weighted by Crippen LogP contribution is 2.33. The molecule has 1 unspecified atom stereocenters. The topological polar surface area (TPSA) is 77.7 Å². The van der Waals surface area contributed by atoms with Crippen LogP contribution in [0, 0.1) is 0 Å². The number of aromatic amines is 2. The maximum Gasteiger partial charge on any atom is 0.274 e. The number of nitrogens with one attached hydrogen (secondary N) is 2. The smallest absolute Gasteiger partial charge is 0.274 e. The van der Waals surface area contributed by atoms with Crippen molar-refractivity contribution < 1.29 is 4.79 Å². The number of fused-ring (bicyclic) bond motifs is 1. The lowest BCUT2D eigenvalue weighted by Gasteiger charge is -2.22. The number of hydrogen-bond acceptors (Lipinski definition) is 3. The van der Waals surface area contributed by atoms with Gasteiger partial charge in [-0.15, -0.1) is 0 Å². The minimum atomic E-state index is -0.0608. The summed E-state index contributed by atoms with van der Waals surface area (Å²) in [6, 6.07) is 9.81. The molecule has 6 nitrogen and oxygen atoms in total. The van der Waals surface area contributed by atoms with Crippen LogP contribution in [0.1, 0.15) is 61.7 Å². The van der Waals surface area contributed by atoms with E-state index in [-0.39, 0.29) is 17.4 Å². The zero-order valence-corrected chi connectivity index (χ0v) is 14.8. The van der Waals surface area contributed by atoms with Gasteiger partial charge in [0.05, 0.1) is 17.1 Å². The molecule has 1 atom stereocenters. The monoisotopic (exact) mass is 337 g/mol. The van der Waals surface area contributed by atoms with E-state index in [0.717, 1.165) is 41.9 Å². The fourth-order valence-electron chi connectivity index (χ4n) is 3.39. The summed E-state index contributed by atoms with van der Waals surface area (Å²) in [5.74, 6) is 0.827. The summed E-state index contributed by atoms with van der Waals surface area (Å²) in [5.41, 5.74) is 3.33.